The molecule has 2 aromatic carbocycles. The minimum Gasteiger partial charge on any atom is -0.339 e. The Kier molecular flexibility index (Phi) is 6.04. The number of hydrogen-bond donors (Lipinski definition) is 0. The van der Waals surface area contributed by atoms with Crippen molar-refractivity contribution in [1.82, 2.24) is 19.4 Å². The fourth-order valence-electron chi connectivity index (χ4n) is 4.89. The van der Waals surface area contributed by atoms with Crippen molar-refractivity contribution in [1.29, 1.82) is 0 Å². The summed E-state index contributed by atoms with van der Waals surface area (Å²) in [5, 5.41) is 0.595. The van der Waals surface area contributed by atoms with Crippen LogP contribution < -0.4 is 5.56 Å². The van der Waals surface area contributed by atoms with Gasteiger partial charge in [-0.1, -0.05) is 43.2 Å². The van der Waals surface area contributed by atoms with E-state index >= 15 is 0 Å². The minimum absolute atomic E-state index is 0.000308. The lowest BCUT2D eigenvalue weighted by atomic mass is 10.1. The Balaban J connectivity index is 1.40. The quantitative estimate of drug-likeness (QED) is 0.639. The zero-order chi connectivity index (χ0) is 21.9. The van der Waals surface area contributed by atoms with Crippen molar-refractivity contribution < 1.29 is 4.79 Å². The lowest BCUT2D eigenvalue weighted by molar-refractivity contribution is 0.0762. The molecule has 1 amide bonds. The molecule has 1 saturated heterocycles. The molecule has 3 heterocycles. The third-order valence-electron chi connectivity index (χ3n) is 6.72. The zero-order valence-electron chi connectivity index (χ0n) is 18.5. The SMILES string of the molecule is O=C(c1ccc2c(=O)n3c(nc2c1)CCN(Cc1ccccc1)CC3)N1CCCCCC1. The van der Waals surface area contributed by atoms with Gasteiger partial charge in [-0.05, 0) is 36.6 Å². The second-order valence-electron chi connectivity index (χ2n) is 8.93. The van der Waals surface area contributed by atoms with E-state index in [1.54, 1.807) is 12.1 Å². The highest BCUT2D eigenvalue weighted by Crippen LogP contribution is 2.18. The summed E-state index contributed by atoms with van der Waals surface area (Å²) in [7, 11) is 0. The Morgan fingerprint density at radius 2 is 1.66 bits per heavy atom. The van der Waals surface area contributed by atoms with Crippen molar-refractivity contribution in [2.24, 2.45) is 0 Å². The fraction of sp³-hybridized carbons (Fsp3) is 0.423. The van der Waals surface area contributed by atoms with Gasteiger partial charge in [-0.2, -0.15) is 0 Å². The molecule has 0 radical (unpaired) electrons. The van der Waals surface area contributed by atoms with Crippen LogP contribution in [-0.4, -0.2) is 51.4 Å². The van der Waals surface area contributed by atoms with Gasteiger partial charge in [0.25, 0.3) is 11.5 Å². The van der Waals surface area contributed by atoms with Crippen LogP contribution in [0, 0.1) is 0 Å². The number of carbonyl (C=O) groups excluding carboxylic acids is 1. The molecule has 2 aliphatic rings. The summed E-state index contributed by atoms with van der Waals surface area (Å²) in [4.78, 5) is 35.5. The number of benzene rings is 2. The molecule has 0 unspecified atom stereocenters. The van der Waals surface area contributed by atoms with Gasteiger partial charge < -0.3 is 4.90 Å². The van der Waals surface area contributed by atoms with Crippen molar-refractivity contribution in [3.8, 4) is 0 Å². The number of hydrogen-bond acceptors (Lipinski definition) is 4. The van der Waals surface area contributed by atoms with Gasteiger partial charge in [0.15, 0.2) is 0 Å². The predicted octanol–water partition coefficient (Wildman–Crippen LogP) is 3.47. The van der Waals surface area contributed by atoms with Gasteiger partial charge in [0, 0.05) is 51.3 Å². The van der Waals surface area contributed by atoms with E-state index < -0.39 is 0 Å². The molecular formula is C26H30N4O2. The van der Waals surface area contributed by atoms with Crippen LogP contribution in [0.2, 0.25) is 0 Å². The first-order valence-corrected chi connectivity index (χ1v) is 11.8. The van der Waals surface area contributed by atoms with Crippen molar-refractivity contribution in [2.75, 3.05) is 26.2 Å². The summed E-state index contributed by atoms with van der Waals surface area (Å²) in [6.45, 7) is 4.82. The number of amides is 1. The molecule has 32 heavy (non-hydrogen) atoms. The highest BCUT2D eigenvalue weighted by atomic mass is 16.2. The second kappa shape index (κ2) is 9.25. The first-order chi connectivity index (χ1) is 15.7. The van der Waals surface area contributed by atoms with E-state index in [0.717, 1.165) is 57.8 Å². The first-order valence-electron chi connectivity index (χ1n) is 11.8. The zero-order valence-corrected chi connectivity index (χ0v) is 18.5. The molecule has 0 aliphatic carbocycles. The molecule has 6 nitrogen and oxygen atoms in total. The molecular weight excluding hydrogens is 400 g/mol. The number of fused-ring (bicyclic) bond motifs is 2. The van der Waals surface area contributed by atoms with Gasteiger partial charge in [-0.25, -0.2) is 4.98 Å². The molecule has 1 aromatic heterocycles. The van der Waals surface area contributed by atoms with Crippen LogP contribution in [0.15, 0.2) is 53.3 Å². The molecule has 2 aliphatic heterocycles. The third-order valence-corrected chi connectivity index (χ3v) is 6.72. The van der Waals surface area contributed by atoms with E-state index in [4.69, 9.17) is 4.98 Å². The molecule has 6 heteroatoms. The van der Waals surface area contributed by atoms with Gasteiger partial charge in [-0.3, -0.25) is 19.1 Å². The van der Waals surface area contributed by atoms with Gasteiger partial charge in [0.2, 0.25) is 0 Å². The molecule has 0 bridgehead atoms. The summed E-state index contributed by atoms with van der Waals surface area (Å²) in [6, 6.07) is 15.8. The van der Waals surface area contributed by atoms with E-state index in [1.165, 1.54) is 18.4 Å². The van der Waals surface area contributed by atoms with Gasteiger partial charge in [-0.15, -0.1) is 0 Å². The molecule has 0 spiro atoms. The molecule has 166 valence electrons. The number of rotatable bonds is 3. The van der Waals surface area contributed by atoms with Gasteiger partial charge in [0.05, 0.1) is 10.9 Å². The molecule has 1 fully saturated rings. The van der Waals surface area contributed by atoms with E-state index in [2.05, 4.69) is 29.2 Å². The van der Waals surface area contributed by atoms with E-state index in [1.807, 2.05) is 21.6 Å². The third kappa shape index (κ3) is 4.32. The van der Waals surface area contributed by atoms with Crippen LogP contribution in [0.3, 0.4) is 0 Å². The lowest BCUT2D eigenvalue weighted by Crippen LogP contribution is -2.32. The summed E-state index contributed by atoms with van der Waals surface area (Å²) in [6.07, 6.45) is 5.22. The average molecular weight is 431 g/mol. The Morgan fingerprint density at radius 1 is 0.875 bits per heavy atom. The second-order valence-corrected chi connectivity index (χ2v) is 8.93. The highest BCUT2D eigenvalue weighted by Gasteiger charge is 2.21. The summed E-state index contributed by atoms with van der Waals surface area (Å²) < 4.78 is 1.82. The number of carbonyl (C=O) groups is 1. The summed E-state index contributed by atoms with van der Waals surface area (Å²) >= 11 is 0. The maximum absolute atomic E-state index is 13.2. The molecule has 0 saturated carbocycles. The molecule has 0 N–H and O–H groups in total. The van der Waals surface area contributed by atoms with E-state index in [0.29, 0.717) is 23.0 Å². The normalized spacial score (nSPS) is 17.6. The Labute approximate surface area is 188 Å². The van der Waals surface area contributed by atoms with E-state index in [-0.39, 0.29) is 11.5 Å². The lowest BCUT2D eigenvalue weighted by Gasteiger charge is -2.20. The monoisotopic (exact) mass is 430 g/mol. The van der Waals surface area contributed by atoms with Crippen LogP contribution in [0.5, 0.6) is 0 Å². The van der Waals surface area contributed by atoms with Crippen molar-refractivity contribution in [3.05, 3.63) is 75.8 Å². The van der Waals surface area contributed by atoms with Crippen LogP contribution in [0.1, 0.15) is 47.4 Å². The summed E-state index contributed by atoms with van der Waals surface area (Å²) in [5.74, 6) is 0.872. The largest absolute Gasteiger partial charge is 0.339 e. The van der Waals surface area contributed by atoms with Crippen LogP contribution in [0.4, 0.5) is 0 Å². The standard InChI is InChI=1S/C26H30N4O2/c31-25(29-13-6-1-2-7-14-29)21-10-11-22-23(18-21)27-24-12-15-28(16-17-30(24)26(22)32)19-20-8-4-3-5-9-20/h3-5,8-11,18H,1-2,6-7,12-17,19H2. The number of likely N-dealkylation sites (tertiary alicyclic amines) is 1. The molecule has 5 rings (SSSR count). The van der Waals surface area contributed by atoms with Crippen LogP contribution in [-0.2, 0) is 19.5 Å². The maximum Gasteiger partial charge on any atom is 0.261 e. The topological polar surface area (TPSA) is 58.4 Å². The smallest absolute Gasteiger partial charge is 0.261 e. The fourth-order valence-corrected chi connectivity index (χ4v) is 4.89. The van der Waals surface area contributed by atoms with Crippen LogP contribution in [0.25, 0.3) is 10.9 Å². The Bertz CT molecular complexity index is 1160. The van der Waals surface area contributed by atoms with Crippen molar-refractivity contribution in [3.63, 3.8) is 0 Å². The number of nitrogens with zero attached hydrogens (tertiary/aromatic N) is 4. The Morgan fingerprint density at radius 3 is 2.44 bits per heavy atom. The predicted molar refractivity (Wildman–Crippen MR) is 126 cm³/mol. The van der Waals surface area contributed by atoms with Gasteiger partial charge >= 0.3 is 0 Å². The van der Waals surface area contributed by atoms with Gasteiger partial charge in [0.1, 0.15) is 5.82 Å². The molecule has 3 aromatic rings. The van der Waals surface area contributed by atoms with Crippen molar-refractivity contribution >= 4 is 16.8 Å². The molecule has 0 atom stereocenters. The van der Waals surface area contributed by atoms with Crippen LogP contribution >= 0.6 is 0 Å². The first kappa shape index (κ1) is 20.9. The highest BCUT2D eigenvalue weighted by molar-refractivity contribution is 5.97. The van der Waals surface area contributed by atoms with Crippen molar-refractivity contribution in [2.45, 2.75) is 45.2 Å². The Hall–Kier alpha value is -2.99. The average Bonchev–Trinajstić information content (AvgIpc) is 3.21. The minimum atomic E-state index is 0.000308. The summed E-state index contributed by atoms with van der Waals surface area (Å²) in [5.41, 5.74) is 2.55. The maximum atomic E-state index is 13.2. The van der Waals surface area contributed by atoms with E-state index in [9.17, 15) is 9.59 Å². The number of aromatic nitrogens is 2.